The largest absolute Gasteiger partial charge is 0.411 e. The zero-order chi connectivity index (χ0) is 16.8. The van der Waals surface area contributed by atoms with Crippen molar-refractivity contribution in [3.8, 4) is 0 Å². The molecule has 0 radical (unpaired) electrons. The number of allylic oxidation sites excluding steroid dienone is 4. The average molecular weight is 319 g/mol. The Balaban J connectivity index is 1.94. The van der Waals surface area contributed by atoms with E-state index in [-0.39, 0.29) is 11.8 Å². The predicted molar refractivity (Wildman–Crippen MR) is 96.0 cm³/mol. The molecule has 3 atom stereocenters. The highest BCUT2D eigenvalue weighted by Gasteiger charge is 2.31. The molecule has 2 unspecified atom stereocenters. The monoisotopic (exact) mass is 319 g/mol. The van der Waals surface area contributed by atoms with Gasteiger partial charge >= 0.3 is 0 Å². The van der Waals surface area contributed by atoms with Gasteiger partial charge in [0.25, 0.3) is 0 Å². The molecule has 1 aliphatic rings. The first kappa shape index (κ1) is 16.2. The summed E-state index contributed by atoms with van der Waals surface area (Å²) in [7, 11) is 0. The highest BCUT2D eigenvalue weighted by Crippen LogP contribution is 2.34. The van der Waals surface area contributed by atoms with Crippen LogP contribution in [-0.4, -0.2) is 16.0 Å². The molecule has 0 bridgehead atoms. The van der Waals surface area contributed by atoms with Gasteiger partial charge in [0.05, 0.1) is 11.8 Å². The lowest BCUT2D eigenvalue weighted by atomic mass is 9.76. The topological polar surface area (TPSA) is 52.8 Å². The van der Waals surface area contributed by atoms with Gasteiger partial charge in [0.2, 0.25) is 0 Å². The highest BCUT2D eigenvalue weighted by atomic mass is 16.4. The Hall–Kier alpha value is -2.65. The molecule has 122 valence electrons. The van der Waals surface area contributed by atoms with E-state index in [1.54, 1.807) is 6.08 Å². The number of hydrogen-bond acceptors (Lipinski definition) is 3. The van der Waals surface area contributed by atoms with Gasteiger partial charge < -0.3 is 10.3 Å². The molecule has 0 spiro atoms. The van der Waals surface area contributed by atoms with E-state index in [0.29, 0.717) is 12.1 Å². The second kappa shape index (κ2) is 7.75. The molecule has 3 rings (SSSR count). The lowest BCUT2D eigenvalue weighted by Gasteiger charge is -2.30. The van der Waals surface area contributed by atoms with E-state index in [4.69, 9.17) is 0 Å². The van der Waals surface area contributed by atoms with E-state index in [1.165, 1.54) is 0 Å². The van der Waals surface area contributed by atoms with Crippen LogP contribution < -0.4 is 0 Å². The van der Waals surface area contributed by atoms with Crippen LogP contribution in [0.15, 0.2) is 90.1 Å². The molecule has 0 heterocycles. The van der Waals surface area contributed by atoms with Crippen molar-refractivity contribution in [2.75, 3.05) is 0 Å². The molecule has 0 aliphatic heterocycles. The molecule has 0 saturated heterocycles. The van der Waals surface area contributed by atoms with Crippen molar-refractivity contribution in [3.63, 3.8) is 0 Å². The van der Waals surface area contributed by atoms with Gasteiger partial charge in [0.15, 0.2) is 0 Å². The summed E-state index contributed by atoms with van der Waals surface area (Å²) in [5, 5.41) is 23.8. The third-order valence-corrected chi connectivity index (χ3v) is 4.48. The molecule has 0 aromatic heterocycles. The maximum absolute atomic E-state index is 11.0. The van der Waals surface area contributed by atoms with Crippen LogP contribution in [0.2, 0.25) is 0 Å². The number of rotatable bonds is 5. The van der Waals surface area contributed by atoms with Crippen LogP contribution in [0.1, 0.15) is 17.2 Å². The van der Waals surface area contributed by atoms with Crippen LogP contribution in [0, 0.1) is 11.8 Å². The molecule has 0 fully saturated rings. The Morgan fingerprint density at radius 3 is 2.25 bits per heavy atom. The minimum absolute atomic E-state index is 0.123. The maximum atomic E-state index is 11.0. The van der Waals surface area contributed by atoms with Gasteiger partial charge in [-0.15, -0.1) is 0 Å². The first-order chi connectivity index (χ1) is 11.8. The third-order valence-electron chi connectivity index (χ3n) is 4.48. The maximum Gasteiger partial charge on any atom is 0.0868 e. The number of nitrogens with zero attached hydrogens (tertiary/aromatic N) is 1. The highest BCUT2D eigenvalue weighted by molar-refractivity contribution is 5.99. The molecule has 3 nitrogen and oxygen atoms in total. The fourth-order valence-electron chi connectivity index (χ4n) is 3.23. The van der Waals surface area contributed by atoms with Gasteiger partial charge in [-0.3, -0.25) is 0 Å². The Morgan fingerprint density at radius 1 is 0.917 bits per heavy atom. The molecule has 2 aromatic rings. The van der Waals surface area contributed by atoms with E-state index in [9.17, 15) is 10.3 Å². The summed E-state index contributed by atoms with van der Waals surface area (Å²) in [6, 6.07) is 19.7. The van der Waals surface area contributed by atoms with Crippen molar-refractivity contribution in [3.05, 3.63) is 96.1 Å². The van der Waals surface area contributed by atoms with Gasteiger partial charge in [-0.25, -0.2) is 0 Å². The van der Waals surface area contributed by atoms with Crippen molar-refractivity contribution in [1.82, 2.24) is 0 Å². The number of oxime groups is 1. The summed E-state index contributed by atoms with van der Waals surface area (Å²) >= 11 is 0. The summed E-state index contributed by atoms with van der Waals surface area (Å²) in [6.45, 7) is 0. The lowest BCUT2D eigenvalue weighted by Crippen LogP contribution is -2.29. The minimum Gasteiger partial charge on any atom is -0.411 e. The fraction of sp³-hybridized carbons (Fsp3) is 0.190. The standard InChI is InChI=1S/C21H21NO2/c23-21(17-11-5-2-6-12-17)19(15-16-9-3-1-4-10-16)18-13-7-8-14-20(18)22-24/h1-14,18-19,21,23-24H,15H2/t18?,19?,21-/m1/s1. The first-order valence-electron chi connectivity index (χ1n) is 8.13. The Labute approximate surface area is 142 Å². The molecule has 2 aromatic carbocycles. The number of hydrogen-bond donors (Lipinski definition) is 2. The van der Waals surface area contributed by atoms with Crippen LogP contribution in [0.5, 0.6) is 0 Å². The quantitative estimate of drug-likeness (QED) is 0.642. The second-order valence-corrected chi connectivity index (χ2v) is 6.00. The van der Waals surface area contributed by atoms with Crippen molar-refractivity contribution in [1.29, 1.82) is 0 Å². The molecule has 0 saturated carbocycles. The van der Waals surface area contributed by atoms with E-state index in [0.717, 1.165) is 11.1 Å². The molecule has 1 aliphatic carbocycles. The van der Waals surface area contributed by atoms with Crippen molar-refractivity contribution < 1.29 is 10.3 Å². The number of aliphatic hydroxyl groups excluding tert-OH is 1. The second-order valence-electron chi connectivity index (χ2n) is 6.00. The zero-order valence-corrected chi connectivity index (χ0v) is 13.4. The molecule has 0 amide bonds. The summed E-state index contributed by atoms with van der Waals surface area (Å²) < 4.78 is 0. The molecule has 2 N–H and O–H groups in total. The van der Waals surface area contributed by atoms with Gasteiger partial charge in [0.1, 0.15) is 0 Å². The number of aliphatic hydroxyl groups is 1. The normalized spacial score (nSPS) is 20.9. The minimum atomic E-state index is -0.649. The molecule has 24 heavy (non-hydrogen) atoms. The summed E-state index contributed by atoms with van der Waals surface area (Å²) in [5.41, 5.74) is 2.60. The van der Waals surface area contributed by atoms with Crippen LogP contribution in [0.4, 0.5) is 0 Å². The Bertz CT molecular complexity index is 735. The average Bonchev–Trinajstić information content (AvgIpc) is 2.67. The third kappa shape index (κ3) is 3.63. The van der Waals surface area contributed by atoms with E-state index < -0.39 is 6.10 Å². The van der Waals surface area contributed by atoms with Crippen LogP contribution >= 0.6 is 0 Å². The SMILES string of the molecule is ON=C1C=CC=CC1C(Cc1ccccc1)[C@H](O)c1ccccc1. The van der Waals surface area contributed by atoms with Gasteiger partial charge in [-0.05, 0) is 23.6 Å². The fourth-order valence-corrected chi connectivity index (χ4v) is 3.23. The van der Waals surface area contributed by atoms with Gasteiger partial charge in [0, 0.05) is 11.8 Å². The van der Waals surface area contributed by atoms with E-state index >= 15 is 0 Å². The Morgan fingerprint density at radius 2 is 1.58 bits per heavy atom. The van der Waals surface area contributed by atoms with E-state index in [2.05, 4.69) is 17.3 Å². The summed E-state index contributed by atoms with van der Waals surface area (Å²) in [5.74, 6) is -0.266. The van der Waals surface area contributed by atoms with Crippen molar-refractivity contribution >= 4 is 5.71 Å². The smallest absolute Gasteiger partial charge is 0.0868 e. The molecular formula is C21H21NO2. The molecule has 3 heteroatoms. The van der Waals surface area contributed by atoms with Gasteiger partial charge in [-0.2, -0.15) is 0 Å². The van der Waals surface area contributed by atoms with Crippen LogP contribution in [-0.2, 0) is 6.42 Å². The summed E-state index contributed by atoms with van der Waals surface area (Å²) in [4.78, 5) is 0. The zero-order valence-electron chi connectivity index (χ0n) is 13.4. The number of benzene rings is 2. The van der Waals surface area contributed by atoms with Crippen LogP contribution in [0.3, 0.4) is 0 Å². The van der Waals surface area contributed by atoms with Crippen molar-refractivity contribution in [2.45, 2.75) is 12.5 Å². The van der Waals surface area contributed by atoms with E-state index in [1.807, 2.05) is 66.8 Å². The van der Waals surface area contributed by atoms with Gasteiger partial charge in [-0.1, -0.05) is 84.0 Å². The molecular weight excluding hydrogens is 298 g/mol. The summed E-state index contributed by atoms with van der Waals surface area (Å²) in [6.07, 6.45) is 7.62. The Kier molecular flexibility index (Phi) is 5.24. The first-order valence-corrected chi connectivity index (χ1v) is 8.13. The van der Waals surface area contributed by atoms with Crippen LogP contribution in [0.25, 0.3) is 0 Å². The predicted octanol–water partition coefficient (Wildman–Crippen LogP) is 4.15. The lowest BCUT2D eigenvalue weighted by molar-refractivity contribution is 0.0968. The van der Waals surface area contributed by atoms with Crippen molar-refractivity contribution in [2.24, 2.45) is 17.0 Å².